The van der Waals surface area contributed by atoms with Crippen LogP contribution in [0.1, 0.15) is 0 Å². The number of halogens is 3. The number of rotatable bonds is 3. The molecule has 0 rings (SSSR count). The molecule has 0 nitrogen and oxygen atoms in total. The Kier molecular flexibility index (Phi) is 5.51. The van der Waals surface area contributed by atoms with Crippen molar-refractivity contribution in [1.29, 1.82) is 0 Å². The second-order valence-corrected chi connectivity index (χ2v) is 5.84. The van der Waals surface area contributed by atoms with E-state index in [1.54, 1.807) is 6.08 Å². The zero-order valence-electron chi connectivity index (χ0n) is 4.15. The minimum Gasteiger partial charge on any atom is -0.103 e. The molecule has 0 aliphatic carbocycles. The van der Waals surface area contributed by atoms with Crippen LogP contribution in [0.4, 0.5) is 0 Å². The van der Waals surface area contributed by atoms with E-state index in [4.69, 9.17) is 34.4 Å². The van der Waals surface area contributed by atoms with E-state index in [1.165, 1.54) is 0 Å². The second kappa shape index (κ2) is 4.88. The van der Waals surface area contributed by atoms with Crippen molar-refractivity contribution in [2.24, 2.45) is 0 Å². The summed E-state index contributed by atoms with van der Waals surface area (Å²) < 4.78 is -0.426. The third-order valence-corrected chi connectivity index (χ3v) is 4.56. The minimum atomic E-state index is -0.755. The molecule has 48 valence electrons. The summed E-state index contributed by atoms with van der Waals surface area (Å²) in [5.41, 5.74) is 0. The van der Waals surface area contributed by atoms with Crippen molar-refractivity contribution >= 4 is 41.7 Å². The van der Waals surface area contributed by atoms with Crippen molar-refractivity contribution in [1.82, 2.24) is 0 Å². The highest BCUT2D eigenvalue weighted by atomic mass is 35.7. The van der Waals surface area contributed by atoms with Gasteiger partial charge in [0.05, 0.1) is 0 Å². The molecule has 0 aromatic heterocycles. The first-order chi connectivity index (χ1) is 3.68. The average molecular weight is 191 g/mol. The Labute approximate surface area is 65.3 Å². The lowest BCUT2D eigenvalue weighted by molar-refractivity contribution is 1.74. The molecule has 0 aliphatic rings. The van der Waals surface area contributed by atoms with Crippen molar-refractivity contribution in [3.8, 4) is 0 Å². The largest absolute Gasteiger partial charge is 0.141 e. The lowest BCUT2D eigenvalue weighted by atomic mass is 10.8. The van der Waals surface area contributed by atoms with Gasteiger partial charge < -0.3 is 0 Å². The van der Waals surface area contributed by atoms with Crippen LogP contribution in [0.2, 0.25) is 0 Å². The summed E-state index contributed by atoms with van der Waals surface area (Å²) in [4.78, 5) is 0. The van der Waals surface area contributed by atoms with Crippen LogP contribution in [-0.2, 0) is 0 Å². The monoisotopic (exact) mass is 190 g/mol. The highest BCUT2D eigenvalue weighted by Crippen LogP contribution is 2.50. The van der Waals surface area contributed by atoms with E-state index in [0.29, 0.717) is 6.16 Å². The molecule has 1 atom stereocenters. The van der Waals surface area contributed by atoms with E-state index in [2.05, 4.69) is 6.58 Å². The van der Waals surface area contributed by atoms with Gasteiger partial charge in [-0.15, -0.1) is 6.58 Å². The van der Waals surface area contributed by atoms with Crippen molar-refractivity contribution in [2.45, 2.75) is 4.58 Å². The molecule has 0 saturated heterocycles. The number of alkyl halides is 2. The SMILES string of the molecule is C=CCP(Cl)C(Cl)Cl. The van der Waals surface area contributed by atoms with Crippen molar-refractivity contribution in [3.63, 3.8) is 0 Å². The quantitative estimate of drug-likeness (QED) is 0.363. The van der Waals surface area contributed by atoms with Gasteiger partial charge in [0.1, 0.15) is 4.58 Å². The standard InChI is InChI=1S/C4H6Cl3P/c1-2-3-8(7)4(5)6/h2,4H,1,3H2. The molecule has 0 bridgehead atoms. The van der Waals surface area contributed by atoms with Crippen molar-refractivity contribution in [2.75, 3.05) is 6.16 Å². The van der Waals surface area contributed by atoms with E-state index < -0.39 is 11.9 Å². The minimum absolute atomic E-state index is 0.426. The molecular weight excluding hydrogens is 185 g/mol. The predicted octanol–water partition coefficient (Wildman–Crippen LogP) is 3.57. The summed E-state index contributed by atoms with van der Waals surface area (Å²) in [7, 11) is -0.755. The van der Waals surface area contributed by atoms with E-state index in [9.17, 15) is 0 Å². The van der Waals surface area contributed by atoms with Gasteiger partial charge >= 0.3 is 0 Å². The van der Waals surface area contributed by atoms with Gasteiger partial charge in [0.15, 0.2) is 0 Å². The fraction of sp³-hybridized carbons (Fsp3) is 0.500. The number of hydrogen-bond acceptors (Lipinski definition) is 0. The zero-order chi connectivity index (χ0) is 6.57. The summed E-state index contributed by atoms with van der Waals surface area (Å²) in [6.07, 6.45) is 2.44. The summed E-state index contributed by atoms with van der Waals surface area (Å²) >= 11 is 16.5. The molecule has 0 saturated carbocycles. The zero-order valence-corrected chi connectivity index (χ0v) is 7.31. The van der Waals surface area contributed by atoms with Crippen LogP contribution in [0.3, 0.4) is 0 Å². The number of allylic oxidation sites excluding steroid dienone is 1. The Hall–Kier alpha value is 1.04. The molecule has 0 spiro atoms. The first kappa shape index (κ1) is 9.04. The Morgan fingerprint density at radius 3 is 2.25 bits per heavy atom. The Balaban J connectivity index is 3.30. The van der Waals surface area contributed by atoms with Gasteiger partial charge in [-0.1, -0.05) is 40.5 Å². The smallest absolute Gasteiger partial charge is 0.103 e. The molecule has 0 N–H and O–H groups in total. The third kappa shape index (κ3) is 3.97. The molecule has 4 heteroatoms. The van der Waals surface area contributed by atoms with Crippen LogP contribution in [-0.4, -0.2) is 10.7 Å². The van der Waals surface area contributed by atoms with E-state index in [-0.39, 0.29) is 0 Å². The lowest BCUT2D eigenvalue weighted by Crippen LogP contribution is -1.80. The molecule has 0 radical (unpaired) electrons. The van der Waals surface area contributed by atoms with Crippen LogP contribution in [0, 0.1) is 0 Å². The Morgan fingerprint density at radius 2 is 2.12 bits per heavy atom. The van der Waals surface area contributed by atoms with Crippen LogP contribution in [0.25, 0.3) is 0 Å². The molecular formula is C4H6Cl3P. The molecule has 0 heterocycles. The van der Waals surface area contributed by atoms with E-state index >= 15 is 0 Å². The fourth-order valence-corrected chi connectivity index (χ4v) is 1.38. The van der Waals surface area contributed by atoms with Gasteiger partial charge in [-0.25, -0.2) is 0 Å². The Morgan fingerprint density at radius 1 is 1.62 bits per heavy atom. The first-order valence-corrected chi connectivity index (χ1v) is 5.37. The van der Waals surface area contributed by atoms with Gasteiger partial charge in [-0.3, -0.25) is 0 Å². The summed E-state index contributed by atoms with van der Waals surface area (Å²) in [6.45, 7) is 3.50. The highest BCUT2D eigenvalue weighted by Gasteiger charge is 2.09. The van der Waals surface area contributed by atoms with Crippen molar-refractivity contribution in [3.05, 3.63) is 12.7 Å². The second-order valence-electron chi connectivity index (χ2n) is 1.15. The third-order valence-electron chi connectivity index (χ3n) is 0.515. The molecule has 1 unspecified atom stereocenters. The van der Waals surface area contributed by atoms with Crippen LogP contribution >= 0.6 is 41.7 Å². The van der Waals surface area contributed by atoms with Gasteiger partial charge in [-0.05, 0) is 0 Å². The lowest BCUT2D eigenvalue weighted by Gasteiger charge is -2.04. The summed E-state index contributed by atoms with van der Waals surface area (Å²) in [5, 5.41) is 0. The maximum atomic E-state index is 5.65. The maximum absolute atomic E-state index is 5.65. The van der Waals surface area contributed by atoms with Crippen LogP contribution < -0.4 is 0 Å². The van der Waals surface area contributed by atoms with Crippen molar-refractivity contribution < 1.29 is 0 Å². The molecule has 0 aliphatic heterocycles. The summed E-state index contributed by atoms with van der Waals surface area (Å²) in [6, 6.07) is 0. The molecule has 0 amide bonds. The molecule has 0 aromatic rings. The maximum Gasteiger partial charge on any atom is 0.141 e. The van der Waals surface area contributed by atoms with Gasteiger partial charge in [-0.2, -0.15) is 0 Å². The molecule has 0 fully saturated rings. The van der Waals surface area contributed by atoms with Crippen LogP contribution in [0.15, 0.2) is 12.7 Å². The molecule has 0 aromatic carbocycles. The summed E-state index contributed by atoms with van der Waals surface area (Å²) in [5.74, 6) is 0. The van der Waals surface area contributed by atoms with E-state index in [1.807, 2.05) is 0 Å². The average Bonchev–Trinajstić information content (AvgIpc) is 1.67. The highest BCUT2D eigenvalue weighted by molar-refractivity contribution is 7.87. The van der Waals surface area contributed by atoms with Gasteiger partial charge in [0.25, 0.3) is 0 Å². The normalized spacial score (nSPS) is 14.0. The van der Waals surface area contributed by atoms with E-state index in [0.717, 1.165) is 0 Å². The molecule has 8 heavy (non-hydrogen) atoms. The fourth-order valence-electron chi connectivity index (χ4n) is 0.203. The predicted molar refractivity (Wildman–Crippen MR) is 43.3 cm³/mol. The van der Waals surface area contributed by atoms with Gasteiger partial charge in [0.2, 0.25) is 0 Å². The van der Waals surface area contributed by atoms with Crippen LogP contribution in [0.5, 0.6) is 0 Å². The first-order valence-electron chi connectivity index (χ1n) is 2.00. The Bertz CT molecular complexity index is 73.7. The number of hydrogen-bond donors (Lipinski definition) is 0. The van der Waals surface area contributed by atoms with Gasteiger partial charge in [0, 0.05) is 13.4 Å². The topological polar surface area (TPSA) is 0 Å².